The van der Waals surface area contributed by atoms with Crippen molar-refractivity contribution in [2.75, 3.05) is 25.1 Å². The lowest BCUT2D eigenvalue weighted by Gasteiger charge is -2.36. The van der Waals surface area contributed by atoms with E-state index in [1.807, 2.05) is 36.4 Å². The van der Waals surface area contributed by atoms with Gasteiger partial charge in [-0.3, -0.25) is 4.90 Å². The summed E-state index contributed by atoms with van der Waals surface area (Å²) in [6.45, 7) is 1.96. The van der Waals surface area contributed by atoms with Gasteiger partial charge in [-0.05, 0) is 30.5 Å². The van der Waals surface area contributed by atoms with Gasteiger partial charge in [0, 0.05) is 24.8 Å². The van der Waals surface area contributed by atoms with Crippen molar-refractivity contribution >= 4 is 17.4 Å². The predicted molar refractivity (Wildman–Crippen MR) is 111 cm³/mol. The fourth-order valence-electron chi connectivity index (χ4n) is 5.03. The summed E-state index contributed by atoms with van der Waals surface area (Å²) in [5.74, 6) is -0.603. The zero-order valence-corrected chi connectivity index (χ0v) is 16.5. The molecule has 3 heterocycles. The molecule has 0 saturated carbocycles. The summed E-state index contributed by atoms with van der Waals surface area (Å²) in [4.78, 5) is 23.3. The number of methoxy groups -OCH3 is 1. The van der Waals surface area contributed by atoms with Crippen LogP contribution in [0.3, 0.4) is 0 Å². The van der Waals surface area contributed by atoms with E-state index < -0.39 is 6.10 Å². The molecule has 0 N–H and O–H groups in total. The van der Waals surface area contributed by atoms with Crippen LogP contribution in [0.2, 0.25) is 0 Å². The van der Waals surface area contributed by atoms with Crippen molar-refractivity contribution in [1.82, 2.24) is 4.90 Å². The molecule has 4 atom stereocenters. The molecule has 2 aromatic carbocycles. The van der Waals surface area contributed by atoms with Crippen LogP contribution in [0.25, 0.3) is 0 Å². The van der Waals surface area contributed by atoms with E-state index in [0.29, 0.717) is 6.04 Å². The third-order valence-corrected chi connectivity index (χ3v) is 6.31. The number of hydrogen-bond donors (Lipinski definition) is 0. The van der Waals surface area contributed by atoms with Crippen LogP contribution < -0.4 is 4.90 Å². The Balaban J connectivity index is 1.59. The highest BCUT2D eigenvalue weighted by molar-refractivity contribution is 6.06. The van der Waals surface area contributed by atoms with Crippen molar-refractivity contribution in [1.29, 1.82) is 0 Å². The molecule has 5 rings (SSSR count). The van der Waals surface area contributed by atoms with Crippen molar-refractivity contribution in [2.45, 2.75) is 31.2 Å². The van der Waals surface area contributed by atoms with Crippen LogP contribution in [0.4, 0.5) is 5.69 Å². The molecule has 0 radical (unpaired) electrons. The Hall–Kier alpha value is -2.86. The smallest absolute Gasteiger partial charge is 0.350 e. The summed E-state index contributed by atoms with van der Waals surface area (Å²) >= 11 is 0. The number of carbonyl (C=O) groups is 1. The van der Waals surface area contributed by atoms with E-state index in [-0.39, 0.29) is 18.1 Å². The van der Waals surface area contributed by atoms with Gasteiger partial charge in [0.25, 0.3) is 0 Å². The van der Waals surface area contributed by atoms with Crippen molar-refractivity contribution in [3.8, 4) is 0 Å². The minimum Gasteiger partial charge on any atom is -0.466 e. The first-order chi connectivity index (χ1) is 14.3. The summed E-state index contributed by atoms with van der Waals surface area (Å²) < 4.78 is 5.09. The number of ether oxygens (including phenoxy) is 1. The first-order valence-electron chi connectivity index (χ1n) is 10.2. The van der Waals surface area contributed by atoms with Crippen LogP contribution in [-0.2, 0) is 14.4 Å². The van der Waals surface area contributed by atoms with Gasteiger partial charge in [-0.15, -0.1) is 0 Å². The van der Waals surface area contributed by atoms with Crippen molar-refractivity contribution < 1.29 is 14.4 Å². The Kier molecular flexibility index (Phi) is 4.72. The highest BCUT2D eigenvalue weighted by atomic mass is 16.7. The summed E-state index contributed by atoms with van der Waals surface area (Å²) in [6, 6.07) is 20.9. The topological polar surface area (TPSA) is 54.4 Å². The van der Waals surface area contributed by atoms with Crippen LogP contribution in [-0.4, -0.2) is 55.1 Å². The van der Waals surface area contributed by atoms with Gasteiger partial charge >= 0.3 is 5.97 Å². The fraction of sp³-hybridized carbons (Fsp3) is 0.391. The third kappa shape index (κ3) is 3.08. The summed E-state index contributed by atoms with van der Waals surface area (Å²) in [6.07, 6.45) is 1.60. The van der Waals surface area contributed by atoms with Crippen LogP contribution in [0.5, 0.6) is 0 Å². The average molecular weight is 391 g/mol. The Morgan fingerprint density at radius 2 is 1.83 bits per heavy atom. The van der Waals surface area contributed by atoms with E-state index in [2.05, 4.69) is 39.2 Å². The van der Waals surface area contributed by atoms with Crippen molar-refractivity contribution in [2.24, 2.45) is 11.1 Å². The molecule has 2 saturated heterocycles. The quantitative estimate of drug-likeness (QED) is 0.750. The minimum atomic E-state index is -0.745. The van der Waals surface area contributed by atoms with Gasteiger partial charge in [0.1, 0.15) is 0 Å². The van der Waals surface area contributed by atoms with E-state index >= 15 is 0 Å². The molecule has 0 spiro atoms. The number of para-hydroxylation sites is 1. The second-order valence-corrected chi connectivity index (χ2v) is 7.85. The number of hydrogen-bond acceptors (Lipinski definition) is 6. The van der Waals surface area contributed by atoms with E-state index in [1.165, 1.54) is 20.0 Å². The summed E-state index contributed by atoms with van der Waals surface area (Å²) in [5.41, 5.74) is 2.97. The molecule has 150 valence electrons. The van der Waals surface area contributed by atoms with Gasteiger partial charge in [-0.1, -0.05) is 53.7 Å². The number of rotatable bonds is 4. The molecule has 0 amide bonds. The maximum atomic E-state index is 12.6. The van der Waals surface area contributed by atoms with Gasteiger partial charge in [0.05, 0.1) is 24.9 Å². The zero-order valence-electron chi connectivity index (χ0n) is 16.5. The van der Waals surface area contributed by atoms with Gasteiger partial charge in [-0.2, -0.15) is 0 Å². The average Bonchev–Trinajstić information content (AvgIpc) is 3.48. The maximum Gasteiger partial charge on any atom is 0.350 e. The van der Waals surface area contributed by atoms with E-state index in [1.54, 1.807) is 0 Å². The van der Waals surface area contributed by atoms with E-state index in [9.17, 15) is 4.79 Å². The lowest BCUT2D eigenvalue weighted by atomic mass is 9.88. The zero-order chi connectivity index (χ0) is 19.8. The first kappa shape index (κ1) is 18.2. The van der Waals surface area contributed by atoms with Crippen molar-refractivity contribution in [3.05, 3.63) is 66.2 Å². The van der Waals surface area contributed by atoms with Crippen LogP contribution in [0, 0.1) is 5.92 Å². The highest BCUT2D eigenvalue weighted by Gasteiger charge is 2.54. The Morgan fingerprint density at radius 3 is 2.55 bits per heavy atom. The normalized spacial score (nSPS) is 28.7. The number of anilines is 1. The Morgan fingerprint density at radius 1 is 1.10 bits per heavy atom. The number of carbonyl (C=O) groups excluding carboxylic acids is 1. The summed E-state index contributed by atoms with van der Waals surface area (Å²) in [7, 11) is 1.41. The number of esters is 1. The highest BCUT2D eigenvalue weighted by Crippen LogP contribution is 2.41. The molecule has 3 aliphatic heterocycles. The Labute approximate surface area is 170 Å². The molecular formula is C23H25N3O3. The monoisotopic (exact) mass is 391 g/mol. The van der Waals surface area contributed by atoms with Gasteiger partial charge in [0.15, 0.2) is 0 Å². The molecule has 6 heteroatoms. The molecule has 0 bridgehead atoms. The molecule has 3 aliphatic rings. The fourth-order valence-corrected chi connectivity index (χ4v) is 5.03. The second kappa shape index (κ2) is 7.52. The minimum absolute atomic E-state index is 0.00421. The van der Waals surface area contributed by atoms with Gasteiger partial charge in [-0.25, -0.2) is 4.79 Å². The molecular weight excluding hydrogens is 366 g/mol. The maximum absolute atomic E-state index is 12.6. The van der Waals surface area contributed by atoms with Crippen LogP contribution in [0.1, 0.15) is 18.4 Å². The number of oxime groups is 1. The first-order valence-corrected chi connectivity index (χ1v) is 10.2. The SMILES string of the molecule is COC(=O)[C@H]1ON=C(c2ccccc2)[C@@H]1[C@H]1N(c2ccccc2)C[C@@H]2CCCN21. The van der Waals surface area contributed by atoms with Crippen molar-refractivity contribution in [3.63, 3.8) is 0 Å². The lowest BCUT2D eigenvalue weighted by Crippen LogP contribution is -2.52. The molecule has 6 nitrogen and oxygen atoms in total. The predicted octanol–water partition coefficient (Wildman–Crippen LogP) is 2.89. The standard InChI is InChI=1S/C23H25N3O3/c1-28-23(27)21-19(20(24-29-21)16-9-4-2-5-10-16)22-25-14-8-13-18(25)15-26(22)17-11-6-3-7-12-17/h2-7,9-12,18-19,21-22H,8,13-15H2,1H3/t18-,19-,21-,22+/m0/s1. The number of fused-ring (bicyclic) bond motifs is 1. The number of nitrogens with zero attached hydrogens (tertiary/aromatic N) is 3. The van der Waals surface area contributed by atoms with Crippen LogP contribution in [0.15, 0.2) is 65.8 Å². The molecule has 0 unspecified atom stereocenters. The largest absolute Gasteiger partial charge is 0.466 e. The molecule has 2 aromatic rings. The molecule has 0 aromatic heterocycles. The van der Waals surface area contributed by atoms with Gasteiger partial charge < -0.3 is 14.5 Å². The van der Waals surface area contributed by atoms with E-state index in [4.69, 9.17) is 9.57 Å². The molecule has 2 fully saturated rings. The van der Waals surface area contributed by atoms with Gasteiger partial charge in [0.2, 0.25) is 6.10 Å². The molecule has 29 heavy (non-hydrogen) atoms. The Bertz CT molecular complexity index is 902. The van der Waals surface area contributed by atoms with E-state index in [0.717, 1.165) is 30.1 Å². The molecule has 0 aliphatic carbocycles. The number of benzene rings is 2. The van der Waals surface area contributed by atoms with Crippen LogP contribution >= 0.6 is 0 Å². The second-order valence-electron chi connectivity index (χ2n) is 7.85. The third-order valence-electron chi connectivity index (χ3n) is 6.31. The lowest BCUT2D eigenvalue weighted by molar-refractivity contribution is -0.155. The summed E-state index contributed by atoms with van der Waals surface area (Å²) in [5, 5.41) is 4.39.